The molecule has 1 saturated heterocycles. The zero-order valence-corrected chi connectivity index (χ0v) is 12.8. The zero-order chi connectivity index (χ0) is 14.4. The number of aromatic nitrogens is 3. The van der Waals surface area contributed by atoms with Crippen LogP contribution in [0.5, 0.6) is 0 Å². The fourth-order valence-corrected chi connectivity index (χ4v) is 2.66. The van der Waals surface area contributed by atoms with Gasteiger partial charge in [-0.15, -0.1) is 0 Å². The van der Waals surface area contributed by atoms with Gasteiger partial charge in [-0.25, -0.2) is 0 Å². The Balaban J connectivity index is 2.00. The lowest BCUT2D eigenvalue weighted by molar-refractivity contribution is 0.122. The molecule has 1 aliphatic heterocycles. The molecule has 20 heavy (non-hydrogen) atoms. The Morgan fingerprint density at radius 3 is 2.80 bits per heavy atom. The van der Waals surface area contributed by atoms with Gasteiger partial charge in [0.05, 0.1) is 13.2 Å². The molecule has 8 heteroatoms. The van der Waals surface area contributed by atoms with E-state index >= 15 is 0 Å². The minimum atomic E-state index is 0.251. The second-order valence-corrected chi connectivity index (χ2v) is 5.77. The van der Waals surface area contributed by atoms with Crippen molar-refractivity contribution in [3.05, 3.63) is 0 Å². The molecule has 0 aromatic carbocycles. The van der Waals surface area contributed by atoms with Crippen LogP contribution in [0, 0.1) is 5.92 Å². The number of nitrogens with two attached hydrogens (primary N) is 1. The minimum absolute atomic E-state index is 0.251. The first-order valence-corrected chi connectivity index (χ1v) is 8.15. The van der Waals surface area contributed by atoms with Crippen molar-refractivity contribution in [1.29, 1.82) is 0 Å². The number of hydrogen-bond acceptors (Lipinski definition) is 8. The molecule has 1 atom stereocenters. The van der Waals surface area contributed by atoms with Crippen LogP contribution in [0.3, 0.4) is 0 Å². The SMILES string of the molecule is CSCC(C)CNc1nc(N)nc(N2CCOCC2)n1. The Kier molecular flexibility index (Phi) is 5.66. The highest BCUT2D eigenvalue weighted by atomic mass is 32.2. The first kappa shape index (κ1) is 15.1. The Bertz CT molecular complexity index is 426. The normalized spacial score (nSPS) is 17.0. The Morgan fingerprint density at radius 2 is 2.10 bits per heavy atom. The second kappa shape index (κ2) is 7.49. The van der Waals surface area contributed by atoms with Crippen molar-refractivity contribution >= 4 is 29.6 Å². The molecule has 1 aliphatic rings. The lowest BCUT2D eigenvalue weighted by Crippen LogP contribution is -2.37. The Labute approximate surface area is 123 Å². The van der Waals surface area contributed by atoms with Crippen molar-refractivity contribution in [3.63, 3.8) is 0 Å². The summed E-state index contributed by atoms with van der Waals surface area (Å²) in [5, 5.41) is 3.24. The van der Waals surface area contributed by atoms with Gasteiger partial charge in [0, 0.05) is 19.6 Å². The van der Waals surface area contributed by atoms with Gasteiger partial charge in [-0.2, -0.15) is 26.7 Å². The summed E-state index contributed by atoms with van der Waals surface area (Å²) in [6, 6.07) is 0. The molecule has 1 aromatic heterocycles. The largest absolute Gasteiger partial charge is 0.378 e. The van der Waals surface area contributed by atoms with Crippen molar-refractivity contribution in [1.82, 2.24) is 15.0 Å². The molecule has 2 heterocycles. The molecule has 0 saturated carbocycles. The van der Waals surface area contributed by atoms with Gasteiger partial charge in [0.25, 0.3) is 0 Å². The smallest absolute Gasteiger partial charge is 0.232 e. The number of anilines is 3. The van der Waals surface area contributed by atoms with Gasteiger partial charge in [-0.3, -0.25) is 0 Å². The van der Waals surface area contributed by atoms with Crippen molar-refractivity contribution in [2.24, 2.45) is 5.92 Å². The summed E-state index contributed by atoms with van der Waals surface area (Å²) in [4.78, 5) is 14.9. The van der Waals surface area contributed by atoms with Gasteiger partial charge in [0.1, 0.15) is 0 Å². The van der Waals surface area contributed by atoms with Crippen LogP contribution in [-0.2, 0) is 4.74 Å². The maximum atomic E-state index is 5.77. The van der Waals surface area contributed by atoms with Crippen molar-refractivity contribution in [2.45, 2.75) is 6.92 Å². The number of nitrogen functional groups attached to an aromatic ring is 1. The van der Waals surface area contributed by atoms with Gasteiger partial charge in [-0.1, -0.05) is 6.92 Å². The third-order valence-corrected chi connectivity index (χ3v) is 3.90. The van der Waals surface area contributed by atoms with E-state index in [9.17, 15) is 0 Å². The number of thioether (sulfide) groups is 1. The van der Waals surface area contributed by atoms with E-state index in [0.29, 0.717) is 31.0 Å². The molecule has 7 nitrogen and oxygen atoms in total. The van der Waals surface area contributed by atoms with Gasteiger partial charge in [0.2, 0.25) is 17.8 Å². The van der Waals surface area contributed by atoms with Crippen LogP contribution < -0.4 is 16.0 Å². The summed E-state index contributed by atoms with van der Waals surface area (Å²) in [6.07, 6.45) is 2.11. The summed E-state index contributed by atoms with van der Waals surface area (Å²) in [5.74, 6) is 3.08. The fraction of sp³-hybridized carbons (Fsp3) is 0.750. The van der Waals surface area contributed by atoms with Crippen LogP contribution in [0.1, 0.15) is 6.92 Å². The third kappa shape index (κ3) is 4.38. The highest BCUT2D eigenvalue weighted by Crippen LogP contribution is 2.14. The molecule has 0 radical (unpaired) electrons. The van der Waals surface area contributed by atoms with E-state index in [0.717, 1.165) is 25.4 Å². The molecule has 0 bridgehead atoms. The summed E-state index contributed by atoms with van der Waals surface area (Å²) in [5.41, 5.74) is 5.77. The molecule has 0 spiro atoms. The van der Waals surface area contributed by atoms with Gasteiger partial charge in [-0.05, 0) is 17.9 Å². The molecule has 2 rings (SSSR count). The van der Waals surface area contributed by atoms with E-state index in [4.69, 9.17) is 10.5 Å². The summed E-state index contributed by atoms with van der Waals surface area (Å²) in [6.45, 7) is 5.97. The number of rotatable bonds is 6. The van der Waals surface area contributed by atoms with Crippen LogP contribution >= 0.6 is 11.8 Å². The summed E-state index contributed by atoms with van der Waals surface area (Å²) < 4.78 is 5.33. The van der Waals surface area contributed by atoms with Crippen LogP contribution in [0.2, 0.25) is 0 Å². The number of nitrogens with one attached hydrogen (secondary N) is 1. The van der Waals surface area contributed by atoms with Crippen LogP contribution in [0.4, 0.5) is 17.8 Å². The third-order valence-electron chi connectivity index (χ3n) is 2.99. The number of nitrogens with zero attached hydrogens (tertiary/aromatic N) is 4. The van der Waals surface area contributed by atoms with Crippen LogP contribution in [0.15, 0.2) is 0 Å². The number of hydrogen-bond donors (Lipinski definition) is 2. The van der Waals surface area contributed by atoms with Gasteiger partial charge in [0.15, 0.2) is 0 Å². The van der Waals surface area contributed by atoms with Crippen molar-refractivity contribution < 1.29 is 4.74 Å². The predicted octanol–water partition coefficient (Wildman–Crippen LogP) is 0.701. The molecule has 0 aliphatic carbocycles. The van der Waals surface area contributed by atoms with E-state index < -0.39 is 0 Å². The molecule has 3 N–H and O–H groups in total. The van der Waals surface area contributed by atoms with E-state index in [2.05, 4.69) is 38.3 Å². The van der Waals surface area contributed by atoms with Crippen LogP contribution in [0.25, 0.3) is 0 Å². The summed E-state index contributed by atoms with van der Waals surface area (Å²) >= 11 is 1.83. The molecule has 112 valence electrons. The zero-order valence-electron chi connectivity index (χ0n) is 12.0. The van der Waals surface area contributed by atoms with Gasteiger partial charge >= 0.3 is 0 Å². The first-order chi connectivity index (χ1) is 9.69. The fourth-order valence-electron chi connectivity index (χ4n) is 1.97. The first-order valence-electron chi connectivity index (χ1n) is 6.76. The van der Waals surface area contributed by atoms with E-state index in [1.165, 1.54) is 0 Å². The highest BCUT2D eigenvalue weighted by Gasteiger charge is 2.16. The molecule has 0 amide bonds. The lowest BCUT2D eigenvalue weighted by Gasteiger charge is -2.26. The monoisotopic (exact) mass is 298 g/mol. The van der Waals surface area contributed by atoms with Gasteiger partial charge < -0.3 is 20.7 Å². The minimum Gasteiger partial charge on any atom is -0.378 e. The van der Waals surface area contributed by atoms with Crippen molar-refractivity contribution in [3.8, 4) is 0 Å². The second-order valence-electron chi connectivity index (χ2n) is 4.86. The average Bonchev–Trinajstić information content (AvgIpc) is 2.46. The quantitative estimate of drug-likeness (QED) is 0.793. The number of morpholine rings is 1. The maximum absolute atomic E-state index is 5.77. The lowest BCUT2D eigenvalue weighted by atomic mass is 10.2. The predicted molar refractivity (Wildman–Crippen MR) is 83.3 cm³/mol. The van der Waals surface area contributed by atoms with E-state index in [-0.39, 0.29) is 5.95 Å². The van der Waals surface area contributed by atoms with E-state index in [1.54, 1.807) is 0 Å². The molecule has 1 fully saturated rings. The molecular formula is C12H22N6OS. The Hall–Kier alpha value is -1.28. The highest BCUT2D eigenvalue weighted by molar-refractivity contribution is 7.98. The standard InChI is InChI=1S/C12H22N6OS/c1-9(8-20-2)7-14-11-15-10(13)16-12(17-11)18-3-5-19-6-4-18/h9H,3-8H2,1-2H3,(H3,13,14,15,16,17). The molecule has 1 aromatic rings. The molecule has 1 unspecified atom stereocenters. The topological polar surface area (TPSA) is 89.2 Å². The van der Waals surface area contributed by atoms with Crippen molar-refractivity contribution in [2.75, 3.05) is 60.8 Å². The van der Waals surface area contributed by atoms with E-state index in [1.807, 2.05) is 11.8 Å². The number of ether oxygens (including phenoxy) is 1. The molecular weight excluding hydrogens is 276 g/mol. The average molecular weight is 298 g/mol. The van der Waals surface area contributed by atoms with Crippen LogP contribution in [-0.4, -0.2) is 59.8 Å². The Morgan fingerprint density at radius 1 is 1.35 bits per heavy atom. The summed E-state index contributed by atoms with van der Waals surface area (Å²) in [7, 11) is 0. The maximum Gasteiger partial charge on any atom is 0.232 e.